The van der Waals surface area contributed by atoms with Gasteiger partial charge in [-0.05, 0) is 49.2 Å². The van der Waals surface area contributed by atoms with E-state index >= 15 is 0 Å². The number of nitrogens with one attached hydrogen (secondary N) is 1. The zero-order valence-electron chi connectivity index (χ0n) is 14.8. The van der Waals surface area contributed by atoms with Crippen molar-refractivity contribution >= 4 is 35.1 Å². The van der Waals surface area contributed by atoms with Gasteiger partial charge in [-0.2, -0.15) is 11.8 Å². The fourth-order valence-electron chi connectivity index (χ4n) is 2.96. The molecule has 1 fully saturated rings. The Kier molecular flexibility index (Phi) is 6.69. The largest absolute Gasteiger partial charge is 0.494 e. The molecule has 3 rings (SSSR count). The van der Waals surface area contributed by atoms with Gasteiger partial charge in [-0.15, -0.1) is 0 Å². The topological polar surface area (TPSA) is 41.6 Å². The van der Waals surface area contributed by atoms with Gasteiger partial charge < -0.3 is 15.0 Å². The van der Waals surface area contributed by atoms with E-state index in [1.807, 2.05) is 66.1 Å². The van der Waals surface area contributed by atoms with Gasteiger partial charge >= 0.3 is 6.03 Å². The minimum absolute atomic E-state index is 0.0606. The number of rotatable bonds is 4. The first-order valence-electron chi connectivity index (χ1n) is 8.82. The number of hydrogen-bond donors (Lipinski definition) is 1. The van der Waals surface area contributed by atoms with Gasteiger partial charge in [-0.1, -0.05) is 29.8 Å². The molecule has 1 unspecified atom stereocenters. The average molecular weight is 391 g/mol. The Bertz CT molecular complexity index is 739. The van der Waals surface area contributed by atoms with Crippen LogP contribution in [-0.4, -0.2) is 36.4 Å². The highest BCUT2D eigenvalue weighted by Crippen LogP contribution is 2.37. The Morgan fingerprint density at radius 1 is 1.23 bits per heavy atom. The summed E-state index contributed by atoms with van der Waals surface area (Å²) in [6.07, 6.45) is 0.894. The van der Waals surface area contributed by atoms with E-state index in [1.54, 1.807) is 0 Å². The molecule has 4 nitrogen and oxygen atoms in total. The Morgan fingerprint density at radius 2 is 2.00 bits per heavy atom. The Labute approximate surface area is 163 Å². The van der Waals surface area contributed by atoms with Crippen molar-refractivity contribution in [1.82, 2.24) is 4.90 Å². The van der Waals surface area contributed by atoms with Crippen LogP contribution >= 0.6 is 23.4 Å². The molecule has 1 saturated heterocycles. The second-order valence-electron chi connectivity index (χ2n) is 6.04. The zero-order valence-corrected chi connectivity index (χ0v) is 16.4. The smallest absolute Gasteiger partial charge is 0.321 e. The summed E-state index contributed by atoms with van der Waals surface area (Å²) in [6, 6.07) is 15.4. The van der Waals surface area contributed by atoms with Gasteiger partial charge in [0, 0.05) is 34.8 Å². The van der Waals surface area contributed by atoms with Gasteiger partial charge in [0.2, 0.25) is 0 Å². The molecule has 2 aromatic rings. The second-order valence-corrected chi connectivity index (χ2v) is 7.76. The van der Waals surface area contributed by atoms with Crippen LogP contribution in [0.3, 0.4) is 0 Å². The number of carbonyl (C=O) groups excluding carboxylic acids is 1. The predicted octanol–water partition coefficient (Wildman–Crippen LogP) is 5.45. The van der Waals surface area contributed by atoms with Crippen LogP contribution < -0.4 is 10.1 Å². The third-order valence-electron chi connectivity index (χ3n) is 4.30. The number of urea groups is 1. The van der Waals surface area contributed by atoms with E-state index < -0.39 is 0 Å². The molecule has 1 N–H and O–H groups in total. The maximum atomic E-state index is 12.6. The summed E-state index contributed by atoms with van der Waals surface area (Å²) >= 11 is 8.20. The van der Waals surface area contributed by atoms with E-state index in [0.717, 1.165) is 40.7 Å². The third kappa shape index (κ3) is 4.86. The van der Waals surface area contributed by atoms with Crippen molar-refractivity contribution in [2.24, 2.45) is 0 Å². The van der Waals surface area contributed by atoms with Gasteiger partial charge in [0.1, 0.15) is 5.75 Å². The summed E-state index contributed by atoms with van der Waals surface area (Å²) < 4.78 is 5.43. The molecule has 0 spiro atoms. The van der Waals surface area contributed by atoms with Crippen LogP contribution in [0.1, 0.15) is 24.2 Å². The molecule has 0 aliphatic carbocycles. The van der Waals surface area contributed by atoms with Crippen LogP contribution in [0.2, 0.25) is 5.02 Å². The van der Waals surface area contributed by atoms with Gasteiger partial charge in [0.15, 0.2) is 0 Å². The van der Waals surface area contributed by atoms with Crippen LogP contribution in [0.4, 0.5) is 10.5 Å². The fraction of sp³-hybridized carbons (Fsp3) is 0.350. The van der Waals surface area contributed by atoms with Crippen LogP contribution in [-0.2, 0) is 0 Å². The van der Waals surface area contributed by atoms with E-state index in [0.29, 0.717) is 18.4 Å². The standard InChI is InChI=1S/C20H23ClN2O2S/c1-2-25-16-9-7-15(8-10-16)22-20(24)23-12-11-19(26-14-13-23)17-5-3-4-6-18(17)21/h3-10,19H,2,11-14H2,1H3,(H,22,24). The number of halogens is 1. The molecule has 6 heteroatoms. The van der Waals surface area contributed by atoms with Gasteiger partial charge in [-0.25, -0.2) is 4.79 Å². The van der Waals surface area contributed by atoms with Crippen LogP contribution in [0.15, 0.2) is 48.5 Å². The van der Waals surface area contributed by atoms with Crippen LogP contribution in [0.5, 0.6) is 5.75 Å². The summed E-state index contributed by atoms with van der Waals surface area (Å²) in [6.45, 7) is 4.02. The summed E-state index contributed by atoms with van der Waals surface area (Å²) in [7, 11) is 0. The molecule has 0 saturated carbocycles. The molecule has 1 aliphatic heterocycles. The molecular weight excluding hydrogens is 368 g/mol. The number of carbonyl (C=O) groups is 1. The molecular formula is C20H23ClN2O2S. The highest BCUT2D eigenvalue weighted by atomic mass is 35.5. The first-order valence-corrected chi connectivity index (χ1v) is 10.2. The van der Waals surface area contributed by atoms with Crippen LogP contribution in [0, 0.1) is 0 Å². The highest BCUT2D eigenvalue weighted by Gasteiger charge is 2.23. The number of thioether (sulfide) groups is 1. The highest BCUT2D eigenvalue weighted by molar-refractivity contribution is 7.99. The number of ether oxygens (including phenoxy) is 1. The second kappa shape index (κ2) is 9.19. The molecule has 1 atom stereocenters. The summed E-state index contributed by atoms with van der Waals surface area (Å²) in [5.41, 5.74) is 1.94. The average Bonchev–Trinajstić information content (AvgIpc) is 2.90. The Balaban J connectivity index is 1.58. The summed E-state index contributed by atoms with van der Waals surface area (Å²) in [5, 5.41) is 4.10. The van der Waals surface area contributed by atoms with Crippen molar-refractivity contribution < 1.29 is 9.53 Å². The van der Waals surface area contributed by atoms with Crippen molar-refractivity contribution in [3.05, 3.63) is 59.1 Å². The van der Waals surface area contributed by atoms with E-state index in [-0.39, 0.29) is 6.03 Å². The minimum atomic E-state index is -0.0606. The maximum Gasteiger partial charge on any atom is 0.321 e. The predicted molar refractivity (Wildman–Crippen MR) is 109 cm³/mol. The molecule has 0 radical (unpaired) electrons. The van der Waals surface area contributed by atoms with E-state index in [9.17, 15) is 4.79 Å². The van der Waals surface area contributed by atoms with E-state index in [1.165, 1.54) is 0 Å². The van der Waals surface area contributed by atoms with Crippen molar-refractivity contribution in [3.8, 4) is 5.75 Å². The van der Waals surface area contributed by atoms with Crippen molar-refractivity contribution in [2.75, 3.05) is 30.8 Å². The number of amides is 2. The zero-order chi connectivity index (χ0) is 18.4. The van der Waals surface area contributed by atoms with E-state index in [2.05, 4.69) is 11.4 Å². The monoisotopic (exact) mass is 390 g/mol. The summed E-state index contributed by atoms with van der Waals surface area (Å²) in [5.74, 6) is 1.70. The molecule has 0 bridgehead atoms. The fourth-order valence-corrected chi connectivity index (χ4v) is 4.56. The number of benzene rings is 2. The quantitative estimate of drug-likeness (QED) is 0.754. The lowest BCUT2D eigenvalue weighted by atomic mass is 10.1. The molecule has 138 valence electrons. The lowest BCUT2D eigenvalue weighted by Crippen LogP contribution is -2.36. The van der Waals surface area contributed by atoms with Crippen molar-refractivity contribution in [2.45, 2.75) is 18.6 Å². The lowest BCUT2D eigenvalue weighted by molar-refractivity contribution is 0.215. The lowest BCUT2D eigenvalue weighted by Gasteiger charge is -2.21. The van der Waals surface area contributed by atoms with Gasteiger partial charge in [-0.3, -0.25) is 0 Å². The van der Waals surface area contributed by atoms with Crippen molar-refractivity contribution in [3.63, 3.8) is 0 Å². The molecule has 2 aromatic carbocycles. The summed E-state index contributed by atoms with van der Waals surface area (Å²) in [4.78, 5) is 14.5. The minimum Gasteiger partial charge on any atom is -0.494 e. The van der Waals surface area contributed by atoms with Gasteiger partial charge in [0.05, 0.1) is 6.61 Å². The SMILES string of the molecule is CCOc1ccc(NC(=O)N2CCSC(c3ccccc3Cl)CC2)cc1. The molecule has 0 aromatic heterocycles. The maximum absolute atomic E-state index is 12.6. The molecule has 1 heterocycles. The number of nitrogens with zero attached hydrogens (tertiary/aromatic N) is 1. The van der Waals surface area contributed by atoms with Crippen molar-refractivity contribution in [1.29, 1.82) is 0 Å². The molecule has 2 amide bonds. The Hall–Kier alpha value is -1.85. The third-order valence-corrected chi connectivity index (χ3v) is 5.95. The number of hydrogen-bond acceptors (Lipinski definition) is 3. The Morgan fingerprint density at radius 3 is 2.73 bits per heavy atom. The first kappa shape index (κ1) is 18.9. The van der Waals surface area contributed by atoms with E-state index in [4.69, 9.17) is 16.3 Å². The first-order chi connectivity index (χ1) is 12.7. The number of anilines is 1. The normalized spacial score (nSPS) is 17.5. The van der Waals surface area contributed by atoms with Crippen LogP contribution in [0.25, 0.3) is 0 Å². The van der Waals surface area contributed by atoms with Gasteiger partial charge in [0.25, 0.3) is 0 Å². The molecule has 1 aliphatic rings. The molecule has 26 heavy (non-hydrogen) atoms.